The number of allylic oxidation sites excluding steroid dienone is 5. The molecule has 0 aliphatic carbocycles. The van der Waals surface area contributed by atoms with Gasteiger partial charge in [0.1, 0.15) is 6.54 Å². The quantitative estimate of drug-likeness (QED) is 0.258. The summed E-state index contributed by atoms with van der Waals surface area (Å²) in [4.78, 5) is 2.44. The fraction of sp³-hybridized carbons (Fsp3) is 0.286. The van der Waals surface area contributed by atoms with Crippen LogP contribution in [0.2, 0.25) is 0 Å². The average molecular weight is 503 g/mol. The van der Waals surface area contributed by atoms with E-state index in [0.29, 0.717) is 0 Å². The molecule has 194 valence electrons. The predicted molar refractivity (Wildman–Crippen MR) is 163 cm³/mol. The fourth-order valence-corrected chi connectivity index (χ4v) is 6.13. The third-order valence-electron chi connectivity index (χ3n) is 8.12. The maximum atomic E-state index is 3.69. The number of nitrogens with one attached hydrogen (secondary N) is 1. The fourth-order valence-electron chi connectivity index (χ4n) is 6.13. The van der Waals surface area contributed by atoms with Crippen molar-refractivity contribution in [3.8, 4) is 0 Å². The predicted octanol–water partition coefficient (Wildman–Crippen LogP) is 8.34. The molecule has 0 amide bonds. The number of fused-ring (bicyclic) bond motifs is 2. The molecule has 3 aromatic carbocycles. The molecule has 0 saturated heterocycles. The van der Waals surface area contributed by atoms with E-state index in [2.05, 4.69) is 160 Å². The van der Waals surface area contributed by atoms with Crippen molar-refractivity contribution in [1.82, 2.24) is 0 Å². The molecule has 0 aromatic heterocycles. The minimum atomic E-state index is -0.0867. The van der Waals surface area contributed by atoms with Crippen molar-refractivity contribution < 1.29 is 4.58 Å². The van der Waals surface area contributed by atoms with E-state index in [9.17, 15) is 0 Å². The summed E-state index contributed by atoms with van der Waals surface area (Å²) < 4.78 is 2.45. The number of likely N-dealkylation sites (N-methyl/N-ethyl adjacent to an activating group) is 1. The summed E-state index contributed by atoms with van der Waals surface area (Å²) in [7, 11) is 0. The largest absolute Gasteiger partial charge is 0.355 e. The van der Waals surface area contributed by atoms with Crippen molar-refractivity contribution in [2.75, 3.05) is 23.3 Å². The smallest absolute Gasteiger partial charge is 0.209 e. The van der Waals surface area contributed by atoms with Gasteiger partial charge in [-0.3, -0.25) is 0 Å². The van der Waals surface area contributed by atoms with Gasteiger partial charge in [-0.05, 0) is 63.6 Å². The highest BCUT2D eigenvalue weighted by Crippen LogP contribution is 2.47. The summed E-state index contributed by atoms with van der Waals surface area (Å²) in [6, 6.07) is 28.0. The van der Waals surface area contributed by atoms with Crippen LogP contribution in [0.3, 0.4) is 0 Å². The molecule has 0 fully saturated rings. The van der Waals surface area contributed by atoms with Crippen LogP contribution in [-0.2, 0) is 10.8 Å². The highest BCUT2D eigenvalue weighted by molar-refractivity contribution is 6.04. The Kier molecular flexibility index (Phi) is 6.88. The van der Waals surface area contributed by atoms with E-state index in [0.717, 1.165) is 24.5 Å². The van der Waals surface area contributed by atoms with Gasteiger partial charge in [-0.1, -0.05) is 74.5 Å². The Balaban J connectivity index is 1.56. The van der Waals surface area contributed by atoms with Gasteiger partial charge < -0.3 is 10.2 Å². The lowest BCUT2D eigenvalue weighted by Gasteiger charge is -2.25. The van der Waals surface area contributed by atoms with Crippen LogP contribution >= 0.6 is 0 Å². The normalized spacial score (nSPS) is 18.8. The van der Waals surface area contributed by atoms with Gasteiger partial charge in [-0.25, -0.2) is 0 Å². The molecule has 0 radical (unpaired) electrons. The van der Waals surface area contributed by atoms with Gasteiger partial charge in [-0.15, -0.1) is 0 Å². The molecule has 2 aliphatic rings. The van der Waals surface area contributed by atoms with Crippen LogP contribution in [0.15, 0.2) is 115 Å². The third kappa shape index (κ3) is 4.41. The van der Waals surface area contributed by atoms with Gasteiger partial charge in [0.05, 0.1) is 5.41 Å². The maximum Gasteiger partial charge on any atom is 0.209 e. The van der Waals surface area contributed by atoms with Crippen molar-refractivity contribution in [3.63, 3.8) is 0 Å². The Hall–Kier alpha value is -3.85. The zero-order chi connectivity index (χ0) is 26.9. The Bertz CT molecular complexity index is 1450. The SMILES string of the molecule is CCN1/C(=C/C=C/C(=C/C2=[N+](CC)c3ccccc3C2(C)C)Nc2ccccc2)C(C)(C)c2ccccc21. The molecule has 0 atom stereocenters. The van der Waals surface area contributed by atoms with Gasteiger partial charge in [0.25, 0.3) is 0 Å². The number of hydrogen-bond donors (Lipinski definition) is 1. The lowest BCUT2D eigenvalue weighted by Crippen LogP contribution is -2.28. The van der Waals surface area contributed by atoms with E-state index in [1.165, 1.54) is 33.9 Å². The van der Waals surface area contributed by atoms with Crippen LogP contribution in [-0.4, -0.2) is 23.4 Å². The Morgan fingerprint density at radius 3 is 2.18 bits per heavy atom. The standard InChI is InChI=1S/C35H39N3/c1-7-37-30-22-14-12-20-28(30)34(3,4)32(37)24-16-19-27(36-26-17-10-9-11-18-26)25-33-35(5,6)29-21-13-15-23-31(29)38(33)8-2/h9-25H,7-8H2,1-6H3/p+1/b19-16+,32-24+. The van der Waals surface area contributed by atoms with E-state index in [1.54, 1.807) is 0 Å². The molecule has 0 unspecified atom stereocenters. The summed E-state index contributed by atoms with van der Waals surface area (Å²) >= 11 is 0. The average Bonchev–Trinajstić information content (AvgIpc) is 3.27. The lowest BCUT2D eigenvalue weighted by atomic mass is 9.81. The lowest BCUT2D eigenvalue weighted by molar-refractivity contribution is -0.433. The Labute approximate surface area is 228 Å². The second kappa shape index (κ2) is 10.1. The number of para-hydroxylation sites is 3. The molecule has 38 heavy (non-hydrogen) atoms. The Morgan fingerprint density at radius 2 is 1.47 bits per heavy atom. The first-order chi connectivity index (χ1) is 18.3. The minimum Gasteiger partial charge on any atom is -0.355 e. The summed E-state index contributed by atoms with van der Waals surface area (Å²) in [6.07, 6.45) is 9.05. The molecular weight excluding hydrogens is 462 g/mol. The van der Waals surface area contributed by atoms with E-state index in [1.807, 2.05) is 0 Å². The zero-order valence-electron chi connectivity index (χ0n) is 23.6. The maximum absolute atomic E-state index is 3.69. The molecule has 2 heterocycles. The van der Waals surface area contributed by atoms with Crippen molar-refractivity contribution in [1.29, 1.82) is 0 Å². The summed E-state index contributed by atoms with van der Waals surface area (Å²) in [5, 5.41) is 3.69. The molecule has 3 aromatic rings. The molecule has 5 rings (SSSR count). The van der Waals surface area contributed by atoms with Crippen LogP contribution in [0.4, 0.5) is 17.1 Å². The summed E-state index contributed by atoms with van der Waals surface area (Å²) in [5.74, 6) is 0. The minimum absolute atomic E-state index is 0.0451. The topological polar surface area (TPSA) is 18.3 Å². The summed E-state index contributed by atoms with van der Waals surface area (Å²) in [6.45, 7) is 15.6. The first-order valence-electron chi connectivity index (χ1n) is 13.8. The van der Waals surface area contributed by atoms with Crippen LogP contribution < -0.4 is 10.2 Å². The van der Waals surface area contributed by atoms with Gasteiger partial charge in [0.15, 0.2) is 5.71 Å². The number of rotatable bonds is 7. The molecule has 2 aliphatic heterocycles. The molecule has 3 heteroatoms. The van der Waals surface area contributed by atoms with Crippen molar-refractivity contribution >= 4 is 22.8 Å². The molecule has 0 spiro atoms. The first kappa shape index (κ1) is 25.8. The van der Waals surface area contributed by atoms with Crippen LogP contribution in [0.1, 0.15) is 52.7 Å². The number of benzene rings is 3. The monoisotopic (exact) mass is 502 g/mol. The number of anilines is 2. The van der Waals surface area contributed by atoms with Gasteiger partial charge in [0, 0.05) is 52.4 Å². The van der Waals surface area contributed by atoms with Crippen molar-refractivity contribution in [3.05, 3.63) is 126 Å². The zero-order valence-corrected chi connectivity index (χ0v) is 23.6. The third-order valence-corrected chi connectivity index (χ3v) is 8.12. The number of nitrogens with zero attached hydrogens (tertiary/aromatic N) is 2. The van der Waals surface area contributed by atoms with Gasteiger partial charge in [0.2, 0.25) is 5.69 Å². The van der Waals surface area contributed by atoms with Crippen LogP contribution in [0, 0.1) is 0 Å². The highest BCUT2D eigenvalue weighted by Gasteiger charge is 2.44. The molecule has 3 nitrogen and oxygen atoms in total. The van der Waals surface area contributed by atoms with Crippen molar-refractivity contribution in [2.45, 2.75) is 52.4 Å². The van der Waals surface area contributed by atoms with Gasteiger partial charge >= 0.3 is 0 Å². The number of hydrogen-bond acceptors (Lipinski definition) is 2. The molecule has 1 N–H and O–H groups in total. The molecule has 0 bridgehead atoms. The van der Waals surface area contributed by atoms with Crippen LogP contribution in [0.5, 0.6) is 0 Å². The van der Waals surface area contributed by atoms with Crippen LogP contribution in [0.25, 0.3) is 0 Å². The Morgan fingerprint density at radius 1 is 0.816 bits per heavy atom. The van der Waals surface area contributed by atoms with E-state index in [4.69, 9.17) is 0 Å². The van der Waals surface area contributed by atoms with Crippen molar-refractivity contribution in [2.24, 2.45) is 0 Å². The molecule has 0 saturated carbocycles. The van der Waals surface area contributed by atoms with Gasteiger partial charge in [-0.2, -0.15) is 4.58 Å². The van der Waals surface area contributed by atoms with E-state index >= 15 is 0 Å². The van der Waals surface area contributed by atoms with E-state index in [-0.39, 0.29) is 10.8 Å². The summed E-state index contributed by atoms with van der Waals surface area (Å²) in [5.41, 5.74) is 10.0. The molecular formula is C35H40N3+. The highest BCUT2D eigenvalue weighted by atomic mass is 15.2. The first-order valence-corrected chi connectivity index (χ1v) is 13.8. The van der Waals surface area contributed by atoms with E-state index < -0.39 is 0 Å². The second-order valence-electron chi connectivity index (χ2n) is 11.2. The second-order valence-corrected chi connectivity index (χ2v) is 11.2.